The van der Waals surface area contributed by atoms with Gasteiger partial charge >= 0.3 is 0 Å². The Labute approximate surface area is 271 Å². The van der Waals surface area contributed by atoms with Crippen LogP contribution in [0.3, 0.4) is 0 Å². The number of anilines is 2. The van der Waals surface area contributed by atoms with E-state index < -0.39 is 0 Å². The first-order valence-corrected chi connectivity index (χ1v) is 15.7. The van der Waals surface area contributed by atoms with Gasteiger partial charge in [0.2, 0.25) is 11.8 Å². The van der Waals surface area contributed by atoms with Gasteiger partial charge in [0.15, 0.2) is 0 Å². The fraction of sp³-hybridized carbons (Fsp3) is 0.286. The quantitative estimate of drug-likeness (QED) is 0.183. The molecule has 1 amide bonds. The first-order valence-electron chi connectivity index (χ1n) is 15.7. The Balaban J connectivity index is 1.03. The minimum Gasteiger partial charge on any atom is -0.495 e. The second-order valence-electron chi connectivity index (χ2n) is 11.7. The molecular formula is C35H35FN8O3. The Morgan fingerprint density at radius 1 is 1.06 bits per heavy atom. The lowest BCUT2D eigenvalue weighted by atomic mass is 10.00. The topological polar surface area (TPSA) is 119 Å². The molecule has 0 spiro atoms. The van der Waals surface area contributed by atoms with Crippen molar-refractivity contribution >= 4 is 39.2 Å². The number of pyridine rings is 1. The highest BCUT2D eigenvalue weighted by atomic mass is 19.1. The van der Waals surface area contributed by atoms with Crippen LogP contribution in [-0.2, 0) is 4.79 Å². The van der Waals surface area contributed by atoms with Crippen LogP contribution in [0.2, 0.25) is 0 Å². The van der Waals surface area contributed by atoms with Crippen LogP contribution in [0.4, 0.5) is 15.9 Å². The van der Waals surface area contributed by atoms with E-state index in [1.807, 2.05) is 48.7 Å². The summed E-state index contributed by atoms with van der Waals surface area (Å²) < 4.78 is 29.0. The summed E-state index contributed by atoms with van der Waals surface area (Å²) >= 11 is 0. The standard InChI is InChI=1S/C35H35FN8O3/c1-3-34(45)43-13-10-23(11-14-43)40-31-18-26-30(19-32(31)46-2)38-21-39-35(26)41-29-9-8-25(17-27(29)36)47-33-12-15-44(42-33)24-16-22-6-4-5-7-28(22)37-20-24/h3-7,12,15-16,18-21,23,25,40H,1,8-11,13-14,17H2,2H3,(H,38,39,41). The molecule has 1 aliphatic carbocycles. The zero-order valence-electron chi connectivity index (χ0n) is 26.0. The van der Waals surface area contributed by atoms with E-state index in [0.29, 0.717) is 54.6 Å². The summed E-state index contributed by atoms with van der Waals surface area (Å²) in [5.41, 5.74) is 3.67. The lowest BCUT2D eigenvalue weighted by molar-refractivity contribution is -0.126. The summed E-state index contributed by atoms with van der Waals surface area (Å²) in [5.74, 6) is 1.26. The van der Waals surface area contributed by atoms with E-state index in [-0.39, 0.29) is 30.3 Å². The van der Waals surface area contributed by atoms with Crippen LogP contribution in [0, 0.1) is 0 Å². The van der Waals surface area contributed by atoms with Crippen LogP contribution >= 0.6 is 0 Å². The lowest BCUT2D eigenvalue weighted by Crippen LogP contribution is -2.41. The van der Waals surface area contributed by atoms with Crippen molar-refractivity contribution in [2.45, 2.75) is 44.2 Å². The molecule has 0 radical (unpaired) electrons. The van der Waals surface area contributed by atoms with Gasteiger partial charge in [-0.15, -0.1) is 5.10 Å². The minimum atomic E-state index is -0.353. The van der Waals surface area contributed by atoms with Gasteiger partial charge < -0.3 is 25.0 Å². The monoisotopic (exact) mass is 634 g/mol. The molecule has 1 saturated heterocycles. The van der Waals surface area contributed by atoms with E-state index in [2.05, 4.69) is 37.3 Å². The maximum absolute atomic E-state index is 15.5. The van der Waals surface area contributed by atoms with Gasteiger partial charge in [-0.1, -0.05) is 24.8 Å². The zero-order chi connectivity index (χ0) is 32.3. The third-order valence-electron chi connectivity index (χ3n) is 8.71. The number of piperidine rings is 1. The lowest BCUT2D eigenvalue weighted by Gasteiger charge is -2.32. The van der Waals surface area contributed by atoms with Crippen molar-refractivity contribution in [2.24, 2.45) is 0 Å². The van der Waals surface area contributed by atoms with E-state index in [1.165, 1.54) is 12.4 Å². The van der Waals surface area contributed by atoms with Gasteiger partial charge in [0.05, 0.1) is 35.7 Å². The third-order valence-corrected chi connectivity index (χ3v) is 8.71. The molecule has 240 valence electrons. The number of rotatable bonds is 9. The van der Waals surface area contributed by atoms with Crippen molar-refractivity contribution in [2.75, 3.05) is 30.8 Å². The Bertz CT molecular complexity index is 1980. The van der Waals surface area contributed by atoms with Crippen LogP contribution < -0.4 is 20.1 Å². The van der Waals surface area contributed by atoms with Crippen LogP contribution in [0.25, 0.3) is 27.5 Å². The van der Waals surface area contributed by atoms with Crippen LogP contribution in [0.1, 0.15) is 32.1 Å². The number of nitrogens with one attached hydrogen (secondary N) is 2. The van der Waals surface area contributed by atoms with Crippen LogP contribution in [0.15, 0.2) is 91.4 Å². The number of halogens is 1. The Morgan fingerprint density at radius 3 is 2.72 bits per heavy atom. The maximum atomic E-state index is 15.5. The number of ether oxygens (including phenoxy) is 2. The summed E-state index contributed by atoms with van der Waals surface area (Å²) in [7, 11) is 1.61. The minimum absolute atomic E-state index is 0.0488. The van der Waals surface area contributed by atoms with Crippen molar-refractivity contribution in [1.29, 1.82) is 0 Å². The number of aromatic nitrogens is 5. The Morgan fingerprint density at radius 2 is 1.91 bits per heavy atom. The Kier molecular flexibility index (Phi) is 8.38. The second-order valence-corrected chi connectivity index (χ2v) is 11.7. The van der Waals surface area contributed by atoms with E-state index in [9.17, 15) is 4.79 Å². The number of allylic oxidation sites excluding steroid dienone is 1. The molecule has 2 N–H and O–H groups in total. The van der Waals surface area contributed by atoms with Crippen LogP contribution in [-0.4, -0.2) is 67.9 Å². The molecular weight excluding hydrogens is 599 g/mol. The first-order chi connectivity index (χ1) is 23.0. The average molecular weight is 635 g/mol. The highest BCUT2D eigenvalue weighted by molar-refractivity contribution is 5.94. The fourth-order valence-electron chi connectivity index (χ4n) is 6.17. The summed E-state index contributed by atoms with van der Waals surface area (Å²) in [6.45, 7) is 4.89. The number of methoxy groups -OCH3 is 1. The maximum Gasteiger partial charge on any atom is 0.245 e. The number of nitrogens with zero attached hydrogens (tertiary/aromatic N) is 6. The molecule has 47 heavy (non-hydrogen) atoms. The predicted octanol–water partition coefficient (Wildman–Crippen LogP) is 6.19. The van der Waals surface area contributed by atoms with Crippen LogP contribution in [0.5, 0.6) is 11.6 Å². The normalized spacial score (nSPS) is 17.1. The summed E-state index contributed by atoms with van der Waals surface area (Å²) in [4.78, 5) is 27.2. The number of carbonyl (C=O) groups is 1. The number of fused-ring (bicyclic) bond motifs is 2. The molecule has 1 fully saturated rings. The molecule has 1 aliphatic heterocycles. The third kappa shape index (κ3) is 6.44. The van der Waals surface area contributed by atoms with E-state index in [4.69, 9.17) is 9.47 Å². The number of benzene rings is 2. The Hall–Kier alpha value is -5.52. The fourth-order valence-corrected chi connectivity index (χ4v) is 6.17. The van der Waals surface area contributed by atoms with Gasteiger partial charge in [0, 0.05) is 60.4 Å². The molecule has 1 unspecified atom stereocenters. The molecule has 0 bridgehead atoms. The van der Waals surface area contributed by atoms with Gasteiger partial charge in [-0.2, -0.15) is 0 Å². The summed E-state index contributed by atoms with van der Waals surface area (Å²) in [6.07, 6.45) is 8.79. The number of likely N-dealkylation sites (tertiary alicyclic amines) is 1. The molecule has 2 aliphatic rings. The van der Waals surface area contributed by atoms with E-state index in [0.717, 1.165) is 40.5 Å². The highest BCUT2D eigenvalue weighted by Crippen LogP contribution is 2.36. The van der Waals surface area contributed by atoms with Gasteiger partial charge in [0.25, 0.3) is 0 Å². The largest absolute Gasteiger partial charge is 0.495 e. The number of para-hydroxylation sites is 1. The SMILES string of the molecule is C=CC(=O)N1CCC(Nc2cc3c(NC4=C(F)CC(Oc5ccn(-c6cnc7ccccc7c6)n5)CC4)ncnc3cc2OC)CC1. The smallest absolute Gasteiger partial charge is 0.245 e. The average Bonchev–Trinajstić information content (AvgIpc) is 3.57. The first kappa shape index (κ1) is 30.2. The molecule has 3 aromatic heterocycles. The molecule has 11 nitrogen and oxygen atoms in total. The molecule has 2 aromatic carbocycles. The molecule has 7 rings (SSSR count). The number of amides is 1. The summed E-state index contributed by atoms with van der Waals surface area (Å²) in [6, 6.07) is 15.6. The second kappa shape index (κ2) is 13.1. The van der Waals surface area contributed by atoms with E-state index in [1.54, 1.807) is 29.0 Å². The molecule has 1 atom stereocenters. The predicted molar refractivity (Wildman–Crippen MR) is 178 cm³/mol. The molecule has 0 saturated carbocycles. The molecule has 4 heterocycles. The highest BCUT2D eigenvalue weighted by Gasteiger charge is 2.26. The van der Waals surface area contributed by atoms with Gasteiger partial charge in [-0.25, -0.2) is 19.0 Å². The van der Waals surface area contributed by atoms with Crippen molar-refractivity contribution in [1.82, 2.24) is 29.6 Å². The van der Waals surface area contributed by atoms with Gasteiger partial charge in [0.1, 0.15) is 29.8 Å². The van der Waals surface area contributed by atoms with Crippen molar-refractivity contribution in [3.63, 3.8) is 0 Å². The van der Waals surface area contributed by atoms with E-state index >= 15 is 4.39 Å². The number of hydrogen-bond donors (Lipinski definition) is 2. The zero-order valence-corrected chi connectivity index (χ0v) is 26.0. The van der Waals surface area contributed by atoms with Crippen molar-refractivity contribution in [3.8, 4) is 17.3 Å². The van der Waals surface area contributed by atoms with Gasteiger partial charge in [-0.3, -0.25) is 9.78 Å². The number of carbonyl (C=O) groups excluding carboxylic acids is 1. The van der Waals surface area contributed by atoms with Crippen molar-refractivity contribution < 1.29 is 18.7 Å². The molecule has 12 heteroatoms. The molecule has 5 aromatic rings. The summed E-state index contributed by atoms with van der Waals surface area (Å²) in [5, 5.41) is 13.1. The number of hydrogen-bond acceptors (Lipinski definition) is 9. The van der Waals surface area contributed by atoms with Crippen molar-refractivity contribution in [3.05, 3.63) is 91.4 Å². The van der Waals surface area contributed by atoms with Gasteiger partial charge in [-0.05, 0) is 50.0 Å².